The van der Waals surface area contributed by atoms with Crippen LogP contribution in [0.1, 0.15) is 34.3 Å². The minimum absolute atomic E-state index is 0.0781. The van der Waals surface area contributed by atoms with Crippen LogP contribution in [0.2, 0.25) is 0 Å². The van der Waals surface area contributed by atoms with E-state index in [2.05, 4.69) is 16.7 Å². The summed E-state index contributed by atoms with van der Waals surface area (Å²) in [6.45, 7) is 2.05. The number of amides is 1. The third kappa shape index (κ3) is 3.54. The summed E-state index contributed by atoms with van der Waals surface area (Å²) in [6, 6.07) is 5.77. The third-order valence-corrected chi connectivity index (χ3v) is 3.24. The number of aliphatic carboxylic acids is 1. The normalized spacial score (nSPS) is 13.7. The van der Waals surface area contributed by atoms with Gasteiger partial charge < -0.3 is 15.7 Å². The number of nitrogens with one attached hydrogen (secondary N) is 2. The maximum absolute atomic E-state index is 12.1. The van der Waals surface area contributed by atoms with Gasteiger partial charge in [-0.3, -0.25) is 9.59 Å². The van der Waals surface area contributed by atoms with E-state index in [0.717, 1.165) is 18.5 Å². The third-order valence-electron chi connectivity index (χ3n) is 3.24. The van der Waals surface area contributed by atoms with Crippen molar-refractivity contribution in [2.45, 2.75) is 25.8 Å². The first-order valence-corrected chi connectivity index (χ1v) is 6.50. The van der Waals surface area contributed by atoms with Crippen LogP contribution >= 0.6 is 0 Å². The molecule has 3 N–H and O–H groups in total. The molecule has 2 rings (SSSR count). The molecular formula is C14H18N2O3. The molecule has 0 aliphatic carbocycles. The zero-order chi connectivity index (χ0) is 13.7. The lowest BCUT2D eigenvalue weighted by Gasteiger charge is -2.19. The van der Waals surface area contributed by atoms with Gasteiger partial charge in [0, 0.05) is 25.1 Å². The van der Waals surface area contributed by atoms with Gasteiger partial charge in [-0.2, -0.15) is 0 Å². The highest BCUT2D eigenvalue weighted by Crippen LogP contribution is 2.18. The molecule has 1 aromatic carbocycles. The summed E-state index contributed by atoms with van der Waals surface area (Å²) >= 11 is 0. The molecule has 0 spiro atoms. The molecule has 1 aliphatic heterocycles. The Bertz CT molecular complexity index is 486. The summed E-state index contributed by atoms with van der Waals surface area (Å²) in [4.78, 5) is 22.5. The molecule has 1 aliphatic rings. The van der Waals surface area contributed by atoms with Gasteiger partial charge in [0.1, 0.15) is 0 Å². The van der Waals surface area contributed by atoms with E-state index in [4.69, 9.17) is 5.11 Å². The molecule has 102 valence electrons. The number of benzene rings is 1. The predicted octanol–water partition coefficient (Wildman–Crippen LogP) is 0.927. The summed E-state index contributed by atoms with van der Waals surface area (Å²) in [6.07, 6.45) is 1.47. The number of carbonyl (C=O) groups excluding carboxylic acids is 1. The molecule has 1 heterocycles. The molecular weight excluding hydrogens is 244 g/mol. The zero-order valence-corrected chi connectivity index (χ0v) is 10.7. The van der Waals surface area contributed by atoms with Gasteiger partial charge in [-0.1, -0.05) is 12.1 Å². The van der Waals surface area contributed by atoms with Crippen molar-refractivity contribution in [1.82, 2.24) is 10.6 Å². The van der Waals surface area contributed by atoms with Gasteiger partial charge >= 0.3 is 5.97 Å². The Balaban J connectivity index is 1.97. The maximum Gasteiger partial charge on any atom is 0.303 e. The van der Waals surface area contributed by atoms with Crippen LogP contribution in [0.3, 0.4) is 0 Å². The summed E-state index contributed by atoms with van der Waals surface area (Å²) in [5, 5.41) is 14.6. The number of hydrogen-bond donors (Lipinski definition) is 3. The van der Waals surface area contributed by atoms with Gasteiger partial charge in [-0.05, 0) is 36.6 Å². The van der Waals surface area contributed by atoms with Gasteiger partial charge in [0.05, 0.1) is 0 Å². The van der Waals surface area contributed by atoms with Crippen LogP contribution < -0.4 is 10.6 Å². The quantitative estimate of drug-likeness (QED) is 0.690. The zero-order valence-electron chi connectivity index (χ0n) is 10.7. The predicted molar refractivity (Wildman–Crippen MR) is 71.1 cm³/mol. The van der Waals surface area contributed by atoms with Crippen molar-refractivity contribution in [2.24, 2.45) is 0 Å². The van der Waals surface area contributed by atoms with E-state index >= 15 is 0 Å². The van der Waals surface area contributed by atoms with Crippen molar-refractivity contribution < 1.29 is 14.7 Å². The number of carboxylic acids is 1. The van der Waals surface area contributed by atoms with E-state index in [1.165, 1.54) is 5.56 Å². The standard InChI is InChI=1S/C14H18N2O3/c17-13(18)5-2-7-16-14(19)11-4-1-3-10-6-8-15-9-12(10)11/h1,3-4,15H,2,5-9H2,(H,16,19)(H,17,18). The highest BCUT2D eigenvalue weighted by Gasteiger charge is 2.16. The van der Waals surface area contributed by atoms with Crippen molar-refractivity contribution in [1.29, 1.82) is 0 Å². The van der Waals surface area contributed by atoms with E-state index in [9.17, 15) is 9.59 Å². The van der Waals surface area contributed by atoms with Crippen LogP contribution in [0.5, 0.6) is 0 Å². The van der Waals surface area contributed by atoms with Crippen molar-refractivity contribution in [3.05, 3.63) is 34.9 Å². The van der Waals surface area contributed by atoms with E-state index in [-0.39, 0.29) is 12.3 Å². The van der Waals surface area contributed by atoms with Crippen LogP contribution in [0.4, 0.5) is 0 Å². The first kappa shape index (κ1) is 13.5. The highest BCUT2D eigenvalue weighted by atomic mass is 16.4. The summed E-state index contributed by atoms with van der Waals surface area (Å²) in [5.41, 5.74) is 2.97. The first-order chi connectivity index (χ1) is 9.18. The summed E-state index contributed by atoms with van der Waals surface area (Å²) in [5.74, 6) is -0.957. The lowest BCUT2D eigenvalue weighted by atomic mass is 9.95. The molecule has 0 aromatic heterocycles. The SMILES string of the molecule is O=C(O)CCCNC(=O)c1cccc2c1CNCC2. The van der Waals surface area contributed by atoms with Gasteiger partial charge in [0.25, 0.3) is 5.91 Å². The number of carboxylic acid groups (broad SMARTS) is 1. The van der Waals surface area contributed by atoms with Gasteiger partial charge in [0.2, 0.25) is 0 Å². The minimum Gasteiger partial charge on any atom is -0.481 e. The van der Waals surface area contributed by atoms with Crippen molar-refractivity contribution >= 4 is 11.9 Å². The van der Waals surface area contributed by atoms with Crippen molar-refractivity contribution in [2.75, 3.05) is 13.1 Å². The average Bonchev–Trinajstić information content (AvgIpc) is 2.42. The van der Waals surface area contributed by atoms with Crippen LogP contribution in [-0.2, 0) is 17.8 Å². The Morgan fingerprint density at radius 3 is 3.00 bits per heavy atom. The van der Waals surface area contributed by atoms with Crippen LogP contribution in [0, 0.1) is 0 Å². The molecule has 0 saturated heterocycles. The second kappa shape index (κ2) is 6.33. The molecule has 0 fully saturated rings. The van der Waals surface area contributed by atoms with Gasteiger partial charge in [-0.25, -0.2) is 0 Å². The number of fused-ring (bicyclic) bond motifs is 1. The average molecular weight is 262 g/mol. The van der Waals surface area contributed by atoms with Crippen LogP contribution in [0.25, 0.3) is 0 Å². The van der Waals surface area contributed by atoms with E-state index in [1.807, 2.05) is 12.1 Å². The lowest BCUT2D eigenvalue weighted by Crippen LogP contribution is -2.30. The topological polar surface area (TPSA) is 78.4 Å². The molecule has 0 bridgehead atoms. The molecule has 1 aromatic rings. The number of hydrogen-bond acceptors (Lipinski definition) is 3. The Kier molecular flexibility index (Phi) is 4.52. The molecule has 5 heteroatoms. The maximum atomic E-state index is 12.1. The Hall–Kier alpha value is -1.88. The van der Waals surface area contributed by atoms with Gasteiger partial charge in [-0.15, -0.1) is 0 Å². The minimum atomic E-state index is -0.837. The van der Waals surface area contributed by atoms with Crippen molar-refractivity contribution in [3.63, 3.8) is 0 Å². The van der Waals surface area contributed by atoms with Crippen LogP contribution in [0.15, 0.2) is 18.2 Å². The van der Waals surface area contributed by atoms with Crippen LogP contribution in [-0.4, -0.2) is 30.1 Å². The number of rotatable bonds is 5. The Morgan fingerprint density at radius 1 is 1.37 bits per heavy atom. The fourth-order valence-corrected chi connectivity index (χ4v) is 2.26. The monoisotopic (exact) mass is 262 g/mol. The molecule has 19 heavy (non-hydrogen) atoms. The summed E-state index contributed by atoms with van der Waals surface area (Å²) < 4.78 is 0. The fraction of sp³-hybridized carbons (Fsp3) is 0.429. The van der Waals surface area contributed by atoms with E-state index in [1.54, 1.807) is 0 Å². The Labute approximate surface area is 112 Å². The number of carbonyl (C=O) groups is 2. The van der Waals surface area contributed by atoms with E-state index in [0.29, 0.717) is 25.1 Å². The second-order valence-electron chi connectivity index (χ2n) is 4.62. The van der Waals surface area contributed by atoms with Crippen molar-refractivity contribution in [3.8, 4) is 0 Å². The summed E-state index contributed by atoms with van der Waals surface area (Å²) in [7, 11) is 0. The molecule has 0 unspecified atom stereocenters. The fourth-order valence-electron chi connectivity index (χ4n) is 2.26. The largest absolute Gasteiger partial charge is 0.481 e. The molecule has 0 radical (unpaired) electrons. The lowest BCUT2D eigenvalue weighted by molar-refractivity contribution is -0.137. The smallest absolute Gasteiger partial charge is 0.303 e. The van der Waals surface area contributed by atoms with Gasteiger partial charge in [0.15, 0.2) is 0 Å². The molecule has 5 nitrogen and oxygen atoms in total. The first-order valence-electron chi connectivity index (χ1n) is 6.50. The highest BCUT2D eigenvalue weighted by molar-refractivity contribution is 5.96. The Morgan fingerprint density at radius 2 is 2.21 bits per heavy atom. The second-order valence-corrected chi connectivity index (χ2v) is 4.62. The van der Waals surface area contributed by atoms with E-state index < -0.39 is 5.97 Å². The molecule has 1 amide bonds. The molecule has 0 atom stereocenters. The molecule has 0 saturated carbocycles.